The monoisotopic (exact) mass is 195 g/mol. The van der Waals surface area contributed by atoms with Gasteiger partial charge in [0.2, 0.25) is 0 Å². The summed E-state index contributed by atoms with van der Waals surface area (Å²) in [4.78, 5) is 2.73. The molecule has 0 spiro atoms. The van der Waals surface area contributed by atoms with E-state index in [1.54, 1.807) is 0 Å². The number of aromatic nitrogens is 1. The fraction of sp³-hybridized carbons (Fsp3) is 0.286. The van der Waals surface area contributed by atoms with Gasteiger partial charge < -0.3 is 4.74 Å². The zero-order valence-electron chi connectivity index (χ0n) is 6.52. The van der Waals surface area contributed by atoms with E-state index >= 15 is 0 Å². The second kappa shape index (κ2) is 3.59. The Hall–Kier alpha value is -1.33. The van der Waals surface area contributed by atoms with Crippen molar-refractivity contribution in [3.8, 4) is 5.75 Å². The number of pyridine rings is 1. The molecule has 0 unspecified atom stereocenters. The van der Waals surface area contributed by atoms with Crippen molar-refractivity contribution in [2.45, 2.75) is 6.43 Å². The summed E-state index contributed by atoms with van der Waals surface area (Å²) >= 11 is 0. The minimum Gasteiger partial charge on any atom is -0.492 e. The Labute approximate surface area is 71.2 Å². The summed E-state index contributed by atoms with van der Waals surface area (Å²) in [5, 5.41) is 0. The van der Waals surface area contributed by atoms with Crippen molar-refractivity contribution in [2.24, 2.45) is 0 Å². The SMILES string of the molecule is COc1cc(F)c(C(F)F)nc1F. The maximum atomic E-state index is 12.7. The Kier molecular flexibility index (Phi) is 2.69. The van der Waals surface area contributed by atoms with Crippen LogP contribution in [0.15, 0.2) is 6.07 Å². The zero-order chi connectivity index (χ0) is 10.0. The smallest absolute Gasteiger partial charge is 0.283 e. The highest BCUT2D eigenvalue weighted by molar-refractivity contribution is 5.23. The molecule has 0 saturated heterocycles. The largest absolute Gasteiger partial charge is 0.492 e. The van der Waals surface area contributed by atoms with Crippen LogP contribution in [0.5, 0.6) is 5.75 Å². The predicted octanol–water partition coefficient (Wildman–Crippen LogP) is 2.31. The molecule has 0 atom stereocenters. The molecule has 0 aliphatic rings. The Morgan fingerprint density at radius 2 is 2.00 bits per heavy atom. The highest BCUT2D eigenvalue weighted by Crippen LogP contribution is 2.24. The third kappa shape index (κ3) is 1.88. The maximum Gasteiger partial charge on any atom is 0.283 e. The summed E-state index contributed by atoms with van der Waals surface area (Å²) in [6, 6.07) is 0.532. The van der Waals surface area contributed by atoms with E-state index in [9.17, 15) is 17.6 Å². The second-order valence-corrected chi connectivity index (χ2v) is 2.15. The highest BCUT2D eigenvalue weighted by Gasteiger charge is 2.19. The Morgan fingerprint density at radius 3 is 2.46 bits per heavy atom. The summed E-state index contributed by atoms with van der Waals surface area (Å²) in [5.41, 5.74) is -1.21. The van der Waals surface area contributed by atoms with E-state index in [0.717, 1.165) is 7.11 Å². The third-order valence-electron chi connectivity index (χ3n) is 1.35. The molecule has 0 fully saturated rings. The minimum atomic E-state index is -3.14. The first kappa shape index (κ1) is 9.76. The summed E-state index contributed by atoms with van der Waals surface area (Å²) in [7, 11) is 1.08. The third-order valence-corrected chi connectivity index (χ3v) is 1.35. The molecule has 0 amide bonds. The van der Waals surface area contributed by atoms with Gasteiger partial charge in [-0.3, -0.25) is 0 Å². The summed E-state index contributed by atoms with van der Waals surface area (Å²) < 4.78 is 53.5. The number of rotatable bonds is 2. The zero-order valence-corrected chi connectivity index (χ0v) is 6.52. The van der Waals surface area contributed by atoms with Gasteiger partial charge in [-0.25, -0.2) is 18.2 Å². The van der Waals surface area contributed by atoms with Crippen LogP contribution in [0.3, 0.4) is 0 Å². The van der Waals surface area contributed by atoms with Gasteiger partial charge in [0.05, 0.1) is 7.11 Å². The van der Waals surface area contributed by atoms with Crippen LogP contribution in [0.1, 0.15) is 12.1 Å². The van der Waals surface area contributed by atoms with Crippen molar-refractivity contribution < 1.29 is 22.3 Å². The van der Waals surface area contributed by atoms with Crippen molar-refractivity contribution in [3.63, 3.8) is 0 Å². The first-order chi connectivity index (χ1) is 6.06. The molecule has 1 aromatic rings. The van der Waals surface area contributed by atoms with Crippen LogP contribution in [-0.4, -0.2) is 12.1 Å². The number of alkyl halides is 2. The summed E-state index contributed by atoms with van der Waals surface area (Å²) in [6.45, 7) is 0. The minimum absolute atomic E-state index is 0.498. The first-order valence-corrected chi connectivity index (χ1v) is 3.24. The van der Waals surface area contributed by atoms with Crippen molar-refractivity contribution >= 4 is 0 Å². The average Bonchev–Trinajstić information content (AvgIpc) is 2.07. The van der Waals surface area contributed by atoms with Gasteiger partial charge in [-0.1, -0.05) is 0 Å². The lowest BCUT2D eigenvalue weighted by atomic mass is 10.3. The van der Waals surface area contributed by atoms with Gasteiger partial charge in [0.1, 0.15) is 5.69 Å². The Morgan fingerprint density at radius 1 is 1.38 bits per heavy atom. The second-order valence-electron chi connectivity index (χ2n) is 2.15. The fourth-order valence-corrected chi connectivity index (χ4v) is 0.759. The normalized spacial score (nSPS) is 10.6. The van der Waals surface area contributed by atoms with E-state index in [2.05, 4.69) is 9.72 Å². The van der Waals surface area contributed by atoms with Crippen molar-refractivity contribution in [3.05, 3.63) is 23.5 Å². The number of methoxy groups -OCH3 is 1. The van der Waals surface area contributed by atoms with E-state index in [1.165, 1.54) is 0 Å². The number of ether oxygens (including phenoxy) is 1. The molecule has 0 bridgehead atoms. The lowest BCUT2D eigenvalue weighted by Gasteiger charge is -2.04. The Bertz CT molecular complexity index is 316. The number of halogens is 4. The summed E-state index contributed by atoms with van der Waals surface area (Å²) in [6.07, 6.45) is -3.14. The molecule has 0 saturated carbocycles. The van der Waals surface area contributed by atoms with Crippen molar-refractivity contribution in [2.75, 3.05) is 7.11 Å². The van der Waals surface area contributed by atoms with Crippen LogP contribution < -0.4 is 4.74 Å². The molecule has 2 nitrogen and oxygen atoms in total. The maximum absolute atomic E-state index is 12.7. The van der Waals surface area contributed by atoms with Gasteiger partial charge in [-0.05, 0) is 0 Å². The average molecular weight is 195 g/mol. The van der Waals surface area contributed by atoms with Crippen LogP contribution in [-0.2, 0) is 0 Å². The van der Waals surface area contributed by atoms with E-state index in [-0.39, 0.29) is 0 Å². The van der Waals surface area contributed by atoms with Crippen LogP contribution in [0.2, 0.25) is 0 Å². The predicted molar refractivity (Wildman–Crippen MR) is 35.7 cm³/mol. The summed E-state index contributed by atoms with van der Waals surface area (Å²) in [5.74, 6) is -3.03. The van der Waals surface area contributed by atoms with Crippen LogP contribution in [0.25, 0.3) is 0 Å². The molecule has 0 aromatic carbocycles. The van der Waals surface area contributed by atoms with Gasteiger partial charge in [0.15, 0.2) is 11.6 Å². The van der Waals surface area contributed by atoms with E-state index in [1.807, 2.05) is 0 Å². The molecular weight excluding hydrogens is 190 g/mol. The topological polar surface area (TPSA) is 22.1 Å². The molecule has 1 heterocycles. The molecule has 0 radical (unpaired) electrons. The van der Waals surface area contributed by atoms with E-state index in [4.69, 9.17) is 0 Å². The van der Waals surface area contributed by atoms with Crippen LogP contribution >= 0.6 is 0 Å². The number of nitrogens with zero attached hydrogens (tertiary/aromatic N) is 1. The molecule has 6 heteroatoms. The van der Waals surface area contributed by atoms with Gasteiger partial charge in [-0.2, -0.15) is 4.39 Å². The Balaban J connectivity index is 3.20. The number of hydrogen-bond acceptors (Lipinski definition) is 2. The van der Waals surface area contributed by atoms with E-state index < -0.39 is 29.6 Å². The molecule has 1 aromatic heterocycles. The van der Waals surface area contributed by atoms with Crippen molar-refractivity contribution in [1.82, 2.24) is 4.98 Å². The standard InChI is InChI=1S/C7H5F4NO/c1-13-4-2-3(8)5(6(9)10)12-7(4)11/h2,6H,1H3. The van der Waals surface area contributed by atoms with Crippen LogP contribution in [0.4, 0.5) is 17.6 Å². The molecule has 72 valence electrons. The molecule has 0 N–H and O–H groups in total. The molecule has 0 aliphatic heterocycles. The molecule has 13 heavy (non-hydrogen) atoms. The fourth-order valence-electron chi connectivity index (χ4n) is 0.759. The quantitative estimate of drug-likeness (QED) is 0.533. The molecule has 0 aliphatic carbocycles. The van der Waals surface area contributed by atoms with Crippen LogP contribution in [0, 0.1) is 11.8 Å². The van der Waals surface area contributed by atoms with Gasteiger partial charge in [0, 0.05) is 6.07 Å². The van der Waals surface area contributed by atoms with Gasteiger partial charge in [-0.15, -0.1) is 0 Å². The highest BCUT2D eigenvalue weighted by atomic mass is 19.3. The molecular formula is C7H5F4NO. The van der Waals surface area contributed by atoms with Crippen molar-refractivity contribution in [1.29, 1.82) is 0 Å². The lowest BCUT2D eigenvalue weighted by molar-refractivity contribution is 0.138. The first-order valence-electron chi connectivity index (χ1n) is 3.24. The lowest BCUT2D eigenvalue weighted by Crippen LogP contribution is -2.01. The van der Waals surface area contributed by atoms with E-state index in [0.29, 0.717) is 6.07 Å². The molecule has 1 rings (SSSR count). The van der Waals surface area contributed by atoms with Gasteiger partial charge in [0.25, 0.3) is 12.4 Å². The number of hydrogen-bond donors (Lipinski definition) is 0. The van der Waals surface area contributed by atoms with Gasteiger partial charge >= 0.3 is 0 Å².